The molecule has 7 nitrogen and oxygen atoms in total. The van der Waals surface area contributed by atoms with Gasteiger partial charge >= 0.3 is 0 Å². The zero-order valence-electron chi connectivity index (χ0n) is 20.8. The zero-order chi connectivity index (χ0) is 25.1. The van der Waals surface area contributed by atoms with Crippen molar-refractivity contribution >= 4 is 34.6 Å². The van der Waals surface area contributed by atoms with Crippen LogP contribution >= 0.6 is 12.2 Å². The number of amides is 1. The highest BCUT2D eigenvalue weighted by Crippen LogP contribution is 2.44. The number of nitrogens with one attached hydrogen (secondary N) is 2. The second-order valence-electron chi connectivity index (χ2n) is 9.42. The van der Waals surface area contributed by atoms with Crippen LogP contribution in [-0.4, -0.2) is 27.7 Å². The average molecular weight is 504 g/mol. The molecule has 3 heterocycles. The first kappa shape index (κ1) is 24.3. The molecule has 2 aromatic heterocycles. The molecule has 0 radical (unpaired) electrons. The van der Waals surface area contributed by atoms with Gasteiger partial charge in [-0.1, -0.05) is 32.3 Å². The van der Waals surface area contributed by atoms with Gasteiger partial charge in [-0.25, -0.2) is 0 Å². The molecule has 2 fully saturated rings. The van der Waals surface area contributed by atoms with Crippen molar-refractivity contribution < 1.29 is 9.53 Å². The number of pyridine rings is 1. The van der Waals surface area contributed by atoms with Crippen molar-refractivity contribution in [3.05, 3.63) is 72.3 Å². The molecule has 3 aromatic rings. The summed E-state index contributed by atoms with van der Waals surface area (Å²) in [5.41, 5.74) is 3.71. The fourth-order valence-corrected chi connectivity index (χ4v) is 5.80. The Hall–Kier alpha value is -3.39. The van der Waals surface area contributed by atoms with Crippen molar-refractivity contribution in [3.63, 3.8) is 0 Å². The summed E-state index contributed by atoms with van der Waals surface area (Å²) in [4.78, 5) is 18.9. The predicted molar refractivity (Wildman–Crippen MR) is 146 cm³/mol. The number of carbonyl (C=O) groups is 1. The van der Waals surface area contributed by atoms with Crippen LogP contribution in [0.4, 0.5) is 11.4 Å². The zero-order valence-corrected chi connectivity index (χ0v) is 21.6. The molecule has 1 aliphatic carbocycles. The summed E-state index contributed by atoms with van der Waals surface area (Å²) < 4.78 is 8.11. The minimum Gasteiger partial charge on any atom is -0.494 e. The third kappa shape index (κ3) is 4.69. The molecule has 0 spiro atoms. The summed E-state index contributed by atoms with van der Waals surface area (Å²) in [6.45, 7) is 1.83. The second-order valence-corrected chi connectivity index (χ2v) is 9.80. The van der Waals surface area contributed by atoms with Crippen molar-refractivity contribution in [2.45, 2.75) is 63.6 Å². The van der Waals surface area contributed by atoms with E-state index < -0.39 is 0 Å². The normalized spacial score (nSPS) is 20.3. The Bertz CT molecular complexity index is 1220. The third-order valence-electron chi connectivity index (χ3n) is 7.24. The molecule has 8 heteroatoms. The standard InChI is InChI=1S/C28H33N5O2S/c1-3-25(34)30-21-15-14-20(18-24(21)35-2)33-27(26(31-28(33)36)22-12-7-8-16-29-22)23-13-9-17-32(23)19-10-5-4-6-11-19/h7-9,12-19,26-27H,3-6,10-11H2,1-2H3,(H,30,34)(H,31,36)/t26-,27-/m1/s1. The molecule has 188 valence electrons. The molecule has 0 unspecified atom stereocenters. The number of thiocarbonyl (C=S) groups is 1. The second kappa shape index (κ2) is 10.7. The Morgan fingerprint density at radius 1 is 1.17 bits per heavy atom. The van der Waals surface area contributed by atoms with Gasteiger partial charge in [-0.05, 0) is 61.5 Å². The fourth-order valence-electron chi connectivity index (χ4n) is 5.45. The molecule has 5 rings (SSSR count). The number of hydrogen-bond acceptors (Lipinski definition) is 4. The van der Waals surface area contributed by atoms with Gasteiger partial charge in [0.2, 0.25) is 5.91 Å². The van der Waals surface area contributed by atoms with Gasteiger partial charge in [0.05, 0.1) is 24.5 Å². The smallest absolute Gasteiger partial charge is 0.224 e. The van der Waals surface area contributed by atoms with Crippen LogP contribution in [0.2, 0.25) is 0 Å². The Kier molecular flexibility index (Phi) is 7.23. The molecule has 1 amide bonds. The van der Waals surface area contributed by atoms with Crippen LogP contribution in [0, 0.1) is 0 Å². The van der Waals surface area contributed by atoms with Crippen molar-refractivity contribution in [1.29, 1.82) is 0 Å². The monoisotopic (exact) mass is 503 g/mol. The quantitative estimate of drug-likeness (QED) is 0.390. The number of methoxy groups -OCH3 is 1. The van der Waals surface area contributed by atoms with E-state index in [4.69, 9.17) is 17.0 Å². The Morgan fingerprint density at radius 3 is 2.72 bits per heavy atom. The number of anilines is 2. The molecule has 2 N–H and O–H groups in total. The lowest BCUT2D eigenvalue weighted by atomic mass is 9.94. The van der Waals surface area contributed by atoms with Gasteiger partial charge in [-0.3, -0.25) is 9.78 Å². The van der Waals surface area contributed by atoms with Crippen molar-refractivity contribution in [3.8, 4) is 5.75 Å². The molecule has 1 saturated carbocycles. The molecule has 2 aliphatic rings. The van der Waals surface area contributed by atoms with E-state index in [0.29, 0.717) is 29.0 Å². The SMILES string of the molecule is CCC(=O)Nc1ccc(N2C(=S)N[C@H](c3ccccn3)[C@H]2c2cccn2C2CCCCC2)cc1OC. The lowest BCUT2D eigenvalue weighted by Gasteiger charge is -2.32. The molecular formula is C28H33N5O2S. The van der Waals surface area contributed by atoms with Crippen molar-refractivity contribution in [1.82, 2.24) is 14.9 Å². The number of nitrogens with zero attached hydrogens (tertiary/aromatic N) is 3. The Labute approximate surface area is 217 Å². The van der Waals surface area contributed by atoms with Gasteiger partial charge in [-0.2, -0.15) is 0 Å². The van der Waals surface area contributed by atoms with E-state index in [1.54, 1.807) is 7.11 Å². The largest absolute Gasteiger partial charge is 0.494 e. The minimum absolute atomic E-state index is 0.0576. The number of hydrogen-bond donors (Lipinski definition) is 2. The van der Waals surface area contributed by atoms with Crippen LogP contribution < -0.4 is 20.3 Å². The summed E-state index contributed by atoms with van der Waals surface area (Å²) in [6, 6.07) is 16.5. The summed E-state index contributed by atoms with van der Waals surface area (Å²) >= 11 is 5.92. The first-order valence-corrected chi connectivity index (χ1v) is 13.2. The van der Waals surface area contributed by atoms with E-state index in [-0.39, 0.29) is 18.0 Å². The van der Waals surface area contributed by atoms with Crippen LogP contribution in [0.15, 0.2) is 60.9 Å². The third-order valence-corrected chi connectivity index (χ3v) is 7.55. The Morgan fingerprint density at radius 2 is 2.00 bits per heavy atom. The number of rotatable bonds is 7. The van der Waals surface area contributed by atoms with Gasteiger partial charge in [0.1, 0.15) is 11.8 Å². The van der Waals surface area contributed by atoms with Crippen molar-refractivity contribution in [2.75, 3.05) is 17.3 Å². The van der Waals surface area contributed by atoms with Crippen molar-refractivity contribution in [2.24, 2.45) is 0 Å². The van der Waals surface area contributed by atoms with E-state index in [2.05, 4.69) is 49.5 Å². The first-order valence-electron chi connectivity index (χ1n) is 12.8. The van der Waals surface area contributed by atoms with E-state index in [9.17, 15) is 4.79 Å². The maximum Gasteiger partial charge on any atom is 0.224 e. The van der Waals surface area contributed by atoms with Gasteiger partial charge in [0.25, 0.3) is 0 Å². The molecule has 1 aliphatic heterocycles. The summed E-state index contributed by atoms with van der Waals surface area (Å²) in [5, 5.41) is 7.11. The lowest BCUT2D eigenvalue weighted by molar-refractivity contribution is -0.115. The van der Waals surface area contributed by atoms with Gasteiger partial charge in [0, 0.05) is 42.3 Å². The topological polar surface area (TPSA) is 71.4 Å². The molecule has 1 aromatic carbocycles. The number of aromatic nitrogens is 2. The van der Waals surface area contributed by atoms with Gasteiger partial charge in [-0.15, -0.1) is 0 Å². The van der Waals surface area contributed by atoms with E-state index >= 15 is 0 Å². The van der Waals surface area contributed by atoms with Gasteiger partial charge in [0.15, 0.2) is 5.11 Å². The van der Waals surface area contributed by atoms with Crippen LogP contribution in [0.3, 0.4) is 0 Å². The summed E-state index contributed by atoms with van der Waals surface area (Å²) in [7, 11) is 1.61. The summed E-state index contributed by atoms with van der Waals surface area (Å²) in [6.07, 6.45) is 10.7. The minimum atomic E-state index is -0.110. The highest BCUT2D eigenvalue weighted by Gasteiger charge is 2.42. The van der Waals surface area contributed by atoms with Crippen LogP contribution in [-0.2, 0) is 4.79 Å². The predicted octanol–water partition coefficient (Wildman–Crippen LogP) is 5.92. The molecule has 36 heavy (non-hydrogen) atoms. The van der Waals surface area contributed by atoms with E-state index in [1.807, 2.05) is 43.5 Å². The highest BCUT2D eigenvalue weighted by atomic mass is 32.1. The molecule has 0 bridgehead atoms. The number of benzene rings is 1. The molecule has 1 saturated heterocycles. The fraction of sp³-hybridized carbons (Fsp3) is 0.393. The van der Waals surface area contributed by atoms with Crippen LogP contribution in [0.1, 0.15) is 75.0 Å². The van der Waals surface area contributed by atoms with Gasteiger partial charge < -0.3 is 24.8 Å². The Balaban J connectivity index is 1.58. The lowest BCUT2D eigenvalue weighted by Crippen LogP contribution is -2.31. The number of ether oxygens (including phenoxy) is 1. The maximum absolute atomic E-state index is 12.0. The summed E-state index contributed by atoms with van der Waals surface area (Å²) in [5.74, 6) is 0.539. The maximum atomic E-state index is 12.0. The first-order chi connectivity index (χ1) is 17.6. The molecule has 2 atom stereocenters. The van der Waals surface area contributed by atoms with E-state index in [1.165, 1.54) is 37.8 Å². The average Bonchev–Trinajstić information content (AvgIpc) is 3.54. The highest BCUT2D eigenvalue weighted by molar-refractivity contribution is 7.80. The van der Waals surface area contributed by atoms with Crippen LogP contribution in [0.5, 0.6) is 5.75 Å². The van der Waals surface area contributed by atoms with Crippen LogP contribution in [0.25, 0.3) is 0 Å². The van der Waals surface area contributed by atoms with E-state index in [0.717, 1.165) is 11.4 Å². The molecular weight excluding hydrogens is 470 g/mol. The number of carbonyl (C=O) groups excluding carboxylic acids is 1.